The minimum Gasteiger partial charge on any atom is -0.323 e. The number of carbonyl (C=O) groups is 1. The SMILES string of the molecule is CC(C(=O)CCCC(C)(C)C)C(N)c1ccccc1. The zero-order valence-corrected chi connectivity index (χ0v) is 12.6. The molecule has 1 rings (SSSR count). The van der Waals surface area contributed by atoms with Crippen molar-refractivity contribution in [2.24, 2.45) is 17.1 Å². The highest BCUT2D eigenvalue weighted by Gasteiger charge is 2.22. The fourth-order valence-corrected chi connectivity index (χ4v) is 2.18. The summed E-state index contributed by atoms with van der Waals surface area (Å²) in [7, 11) is 0. The molecule has 0 radical (unpaired) electrons. The summed E-state index contributed by atoms with van der Waals surface area (Å²) in [6.07, 6.45) is 2.67. The molecule has 2 unspecified atom stereocenters. The van der Waals surface area contributed by atoms with Crippen molar-refractivity contribution < 1.29 is 4.79 Å². The normalized spacial score (nSPS) is 15.0. The van der Waals surface area contributed by atoms with Crippen LogP contribution in [0.2, 0.25) is 0 Å². The molecule has 0 aliphatic rings. The lowest BCUT2D eigenvalue weighted by atomic mass is 9.86. The van der Waals surface area contributed by atoms with Gasteiger partial charge in [0, 0.05) is 18.4 Å². The van der Waals surface area contributed by atoms with E-state index in [2.05, 4.69) is 20.8 Å². The van der Waals surface area contributed by atoms with E-state index in [1.165, 1.54) is 0 Å². The van der Waals surface area contributed by atoms with E-state index < -0.39 is 0 Å². The molecular formula is C17H27NO. The smallest absolute Gasteiger partial charge is 0.137 e. The molecule has 2 atom stereocenters. The molecule has 1 aromatic carbocycles. The number of hydrogen-bond acceptors (Lipinski definition) is 2. The zero-order chi connectivity index (χ0) is 14.5. The topological polar surface area (TPSA) is 43.1 Å². The van der Waals surface area contributed by atoms with E-state index in [0.29, 0.717) is 11.8 Å². The molecule has 2 nitrogen and oxygen atoms in total. The number of carbonyl (C=O) groups excluding carboxylic acids is 1. The Morgan fingerprint density at radius 2 is 1.79 bits per heavy atom. The van der Waals surface area contributed by atoms with Crippen LogP contribution in [0, 0.1) is 11.3 Å². The third kappa shape index (κ3) is 5.56. The van der Waals surface area contributed by atoms with Gasteiger partial charge in [-0.25, -0.2) is 0 Å². The molecule has 0 amide bonds. The van der Waals surface area contributed by atoms with Gasteiger partial charge in [0.1, 0.15) is 5.78 Å². The lowest BCUT2D eigenvalue weighted by Crippen LogP contribution is -2.26. The molecule has 0 heterocycles. The molecule has 0 aromatic heterocycles. The Balaban J connectivity index is 2.48. The fourth-order valence-electron chi connectivity index (χ4n) is 2.18. The van der Waals surface area contributed by atoms with Crippen LogP contribution in [-0.4, -0.2) is 5.78 Å². The lowest BCUT2D eigenvalue weighted by molar-refractivity contribution is -0.123. The Bertz CT molecular complexity index is 391. The average Bonchev–Trinajstić information content (AvgIpc) is 2.36. The molecule has 0 saturated heterocycles. The standard InChI is InChI=1S/C17H27NO/c1-13(15(19)11-8-12-17(2,3)4)16(18)14-9-6-5-7-10-14/h5-7,9-10,13,16H,8,11-12,18H2,1-4H3. The highest BCUT2D eigenvalue weighted by Crippen LogP contribution is 2.25. The first-order chi connectivity index (χ1) is 8.81. The van der Waals surface area contributed by atoms with Gasteiger partial charge in [0.25, 0.3) is 0 Å². The van der Waals surface area contributed by atoms with Crippen molar-refractivity contribution in [3.8, 4) is 0 Å². The highest BCUT2D eigenvalue weighted by atomic mass is 16.1. The van der Waals surface area contributed by atoms with Crippen LogP contribution < -0.4 is 5.73 Å². The molecular weight excluding hydrogens is 234 g/mol. The maximum absolute atomic E-state index is 12.2. The largest absolute Gasteiger partial charge is 0.323 e. The predicted octanol–water partition coefficient (Wildman–Crippen LogP) is 4.11. The van der Waals surface area contributed by atoms with Crippen LogP contribution in [0.3, 0.4) is 0 Å². The van der Waals surface area contributed by atoms with E-state index in [9.17, 15) is 4.79 Å². The summed E-state index contributed by atoms with van der Waals surface area (Å²) in [4.78, 5) is 12.2. The number of hydrogen-bond donors (Lipinski definition) is 1. The molecule has 0 aliphatic heterocycles. The fraction of sp³-hybridized carbons (Fsp3) is 0.588. The van der Waals surface area contributed by atoms with E-state index in [4.69, 9.17) is 5.73 Å². The Morgan fingerprint density at radius 3 is 2.32 bits per heavy atom. The van der Waals surface area contributed by atoms with Crippen molar-refractivity contribution in [2.45, 2.75) is 53.0 Å². The van der Waals surface area contributed by atoms with Gasteiger partial charge in [-0.15, -0.1) is 0 Å². The van der Waals surface area contributed by atoms with Gasteiger partial charge in [-0.2, -0.15) is 0 Å². The number of Topliss-reactive ketones (excluding diaryl/α,β-unsaturated/α-hetero) is 1. The van der Waals surface area contributed by atoms with Gasteiger partial charge >= 0.3 is 0 Å². The molecule has 0 aliphatic carbocycles. The highest BCUT2D eigenvalue weighted by molar-refractivity contribution is 5.81. The third-order valence-corrected chi connectivity index (χ3v) is 3.58. The summed E-state index contributed by atoms with van der Waals surface area (Å²) in [5.41, 5.74) is 7.51. The van der Waals surface area contributed by atoms with Crippen molar-refractivity contribution in [1.29, 1.82) is 0 Å². The molecule has 0 fully saturated rings. The number of ketones is 1. The van der Waals surface area contributed by atoms with Gasteiger partial charge in [-0.05, 0) is 23.8 Å². The Labute approximate surface area is 117 Å². The number of benzene rings is 1. The van der Waals surface area contributed by atoms with Crippen LogP contribution >= 0.6 is 0 Å². The molecule has 0 saturated carbocycles. The molecule has 106 valence electrons. The summed E-state index contributed by atoms with van der Waals surface area (Å²) in [6.45, 7) is 8.56. The molecule has 0 bridgehead atoms. The Hall–Kier alpha value is -1.15. The van der Waals surface area contributed by atoms with Gasteiger partial charge in [0.2, 0.25) is 0 Å². The monoisotopic (exact) mass is 261 g/mol. The second kappa shape index (κ2) is 6.85. The predicted molar refractivity (Wildman–Crippen MR) is 80.8 cm³/mol. The van der Waals surface area contributed by atoms with Crippen molar-refractivity contribution in [3.05, 3.63) is 35.9 Å². The van der Waals surface area contributed by atoms with Crippen LogP contribution in [0.5, 0.6) is 0 Å². The van der Waals surface area contributed by atoms with Crippen LogP contribution in [0.25, 0.3) is 0 Å². The van der Waals surface area contributed by atoms with Crippen LogP contribution in [0.15, 0.2) is 30.3 Å². The average molecular weight is 261 g/mol. The number of nitrogens with two attached hydrogens (primary N) is 1. The zero-order valence-electron chi connectivity index (χ0n) is 12.6. The summed E-state index contributed by atoms with van der Waals surface area (Å²) in [6, 6.07) is 9.68. The quantitative estimate of drug-likeness (QED) is 0.837. The van der Waals surface area contributed by atoms with Gasteiger partial charge in [-0.1, -0.05) is 58.0 Å². The van der Waals surface area contributed by atoms with E-state index >= 15 is 0 Å². The maximum atomic E-state index is 12.2. The summed E-state index contributed by atoms with van der Waals surface area (Å²) < 4.78 is 0. The van der Waals surface area contributed by atoms with Crippen molar-refractivity contribution in [2.75, 3.05) is 0 Å². The van der Waals surface area contributed by atoms with Crippen LogP contribution in [0.4, 0.5) is 0 Å². The number of rotatable bonds is 6. The van der Waals surface area contributed by atoms with Gasteiger partial charge in [0.15, 0.2) is 0 Å². The summed E-state index contributed by atoms with van der Waals surface area (Å²) in [5.74, 6) is 0.169. The van der Waals surface area contributed by atoms with Crippen molar-refractivity contribution in [1.82, 2.24) is 0 Å². The minimum atomic E-state index is -0.191. The second-order valence-corrected chi connectivity index (χ2v) is 6.61. The van der Waals surface area contributed by atoms with Crippen LogP contribution in [-0.2, 0) is 4.79 Å². The molecule has 2 heteroatoms. The molecule has 2 N–H and O–H groups in total. The first-order valence-corrected chi connectivity index (χ1v) is 7.14. The Kier molecular flexibility index (Phi) is 5.74. The lowest BCUT2D eigenvalue weighted by Gasteiger charge is -2.21. The summed E-state index contributed by atoms with van der Waals surface area (Å²) >= 11 is 0. The third-order valence-electron chi connectivity index (χ3n) is 3.58. The van der Waals surface area contributed by atoms with E-state index in [1.54, 1.807) is 0 Å². The first kappa shape index (κ1) is 15.9. The van der Waals surface area contributed by atoms with Crippen LogP contribution in [0.1, 0.15) is 58.6 Å². The van der Waals surface area contributed by atoms with Crippen molar-refractivity contribution >= 4 is 5.78 Å². The van der Waals surface area contributed by atoms with Crippen molar-refractivity contribution in [3.63, 3.8) is 0 Å². The summed E-state index contributed by atoms with van der Waals surface area (Å²) in [5, 5.41) is 0. The van der Waals surface area contributed by atoms with E-state index in [0.717, 1.165) is 18.4 Å². The van der Waals surface area contributed by atoms with Gasteiger partial charge in [0.05, 0.1) is 0 Å². The minimum absolute atomic E-state index is 0.109. The maximum Gasteiger partial charge on any atom is 0.137 e. The van der Waals surface area contributed by atoms with E-state index in [1.807, 2.05) is 37.3 Å². The second-order valence-electron chi connectivity index (χ2n) is 6.61. The van der Waals surface area contributed by atoms with Gasteiger partial charge in [-0.3, -0.25) is 4.79 Å². The molecule has 19 heavy (non-hydrogen) atoms. The molecule has 1 aromatic rings. The van der Waals surface area contributed by atoms with E-state index in [-0.39, 0.29) is 17.7 Å². The Morgan fingerprint density at radius 1 is 1.21 bits per heavy atom. The first-order valence-electron chi connectivity index (χ1n) is 7.14. The van der Waals surface area contributed by atoms with Gasteiger partial charge < -0.3 is 5.73 Å². The molecule has 0 spiro atoms.